The number of aliphatic hydroxyl groups excluding tert-OH is 2. The standard InChI is InChI=1S/C28H29F2N3O4/c29-22-8-6-21(26(30)15-22)7-11-28-32-23(19-37-28)18-36-25-9-4-20(5-10-25)3-1-2-13-33-14-12-31-27(33)16-24(35)17-34/h4-12,14-15,19,24,34-35H,1-3,13,16-18H2/b11-7+. The molecule has 7 nitrogen and oxygen atoms in total. The van der Waals surface area contributed by atoms with Crippen LogP contribution in [-0.2, 0) is 26.0 Å². The average molecular weight is 510 g/mol. The highest BCUT2D eigenvalue weighted by Gasteiger charge is 2.09. The molecule has 1 atom stereocenters. The monoisotopic (exact) mass is 509 g/mol. The van der Waals surface area contributed by atoms with Gasteiger partial charge in [0.2, 0.25) is 5.89 Å². The van der Waals surface area contributed by atoms with Gasteiger partial charge in [-0.1, -0.05) is 12.1 Å². The molecule has 0 radical (unpaired) electrons. The predicted molar refractivity (Wildman–Crippen MR) is 135 cm³/mol. The van der Waals surface area contributed by atoms with Gasteiger partial charge in [0.1, 0.15) is 41.8 Å². The van der Waals surface area contributed by atoms with Crippen LogP contribution in [0.5, 0.6) is 5.75 Å². The SMILES string of the molecule is OCC(O)Cc1nccn1CCCCc1ccc(OCc2coc(/C=C/c3ccc(F)cc3F)n2)cc1. The van der Waals surface area contributed by atoms with Crippen LogP contribution in [0.1, 0.15) is 41.4 Å². The minimum absolute atomic E-state index is 0.222. The minimum atomic E-state index is -0.788. The van der Waals surface area contributed by atoms with Gasteiger partial charge in [-0.2, -0.15) is 0 Å². The first-order chi connectivity index (χ1) is 18.0. The third-order valence-electron chi connectivity index (χ3n) is 5.79. The third-order valence-corrected chi connectivity index (χ3v) is 5.79. The molecule has 2 N–H and O–H groups in total. The van der Waals surface area contributed by atoms with Gasteiger partial charge in [-0.05, 0) is 55.2 Å². The number of oxazole rings is 1. The normalized spacial score (nSPS) is 12.3. The van der Waals surface area contributed by atoms with Gasteiger partial charge in [0.25, 0.3) is 0 Å². The molecule has 0 bridgehead atoms. The van der Waals surface area contributed by atoms with E-state index in [4.69, 9.17) is 14.3 Å². The fourth-order valence-corrected chi connectivity index (χ4v) is 3.79. The fourth-order valence-electron chi connectivity index (χ4n) is 3.79. The summed E-state index contributed by atoms with van der Waals surface area (Å²) in [5.74, 6) is 0.500. The number of halogens is 2. The van der Waals surface area contributed by atoms with Gasteiger partial charge in [0.05, 0.1) is 12.7 Å². The molecule has 4 aromatic rings. The van der Waals surface area contributed by atoms with Gasteiger partial charge in [-0.25, -0.2) is 18.7 Å². The second kappa shape index (κ2) is 12.9. The van der Waals surface area contributed by atoms with Crippen molar-refractivity contribution in [1.82, 2.24) is 14.5 Å². The van der Waals surface area contributed by atoms with Crippen LogP contribution in [-0.4, -0.2) is 37.5 Å². The molecule has 0 saturated carbocycles. The maximum absolute atomic E-state index is 13.7. The largest absolute Gasteiger partial charge is 0.487 e. The van der Waals surface area contributed by atoms with Crippen LogP contribution in [0.4, 0.5) is 8.78 Å². The second-order valence-electron chi connectivity index (χ2n) is 8.64. The topological polar surface area (TPSA) is 93.5 Å². The number of aliphatic hydroxyl groups is 2. The molecule has 0 aliphatic heterocycles. The number of unbranched alkanes of at least 4 members (excludes halogenated alkanes) is 1. The molecule has 2 heterocycles. The first kappa shape index (κ1) is 26.2. The summed E-state index contributed by atoms with van der Waals surface area (Å²) in [6, 6.07) is 11.3. The van der Waals surface area contributed by atoms with E-state index in [1.165, 1.54) is 36.1 Å². The van der Waals surface area contributed by atoms with Crippen LogP contribution in [0.15, 0.2) is 65.5 Å². The molecule has 1 unspecified atom stereocenters. The van der Waals surface area contributed by atoms with Crippen LogP contribution in [0.3, 0.4) is 0 Å². The number of hydrogen-bond donors (Lipinski definition) is 2. The first-order valence-corrected chi connectivity index (χ1v) is 12.1. The fraction of sp³-hybridized carbons (Fsp3) is 0.286. The first-order valence-electron chi connectivity index (χ1n) is 12.1. The summed E-state index contributed by atoms with van der Waals surface area (Å²) >= 11 is 0. The summed E-state index contributed by atoms with van der Waals surface area (Å²) in [6.07, 6.45) is 10.5. The zero-order valence-corrected chi connectivity index (χ0v) is 20.3. The van der Waals surface area contributed by atoms with Crippen molar-refractivity contribution in [1.29, 1.82) is 0 Å². The second-order valence-corrected chi connectivity index (χ2v) is 8.64. The Labute approximate surface area is 213 Å². The number of aromatic nitrogens is 3. The van der Waals surface area contributed by atoms with Crippen molar-refractivity contribution in [2.24, 2.45) is 0 Å². The average Bonchev–Trinajstić information content (AvgIpc) is 3.54. The smallest absolute Gasteiger partial charge is 0.218 e. The molecule has 0 fully saturated rings. The van der Waals surface area contributed by atoms with E-state index >= 15 is 0 Å². The summed E-state index contributed by atoms with van der Waals surface area (Å²) in [5.41, 5.74) is 2.03. The quantitative estimate of drug-likeness (QED) is 0.251. The highest BCUT2D eigenvalue weighted by molar-refractivity contribution is 5.66. The lowest BCUT2D eigenvalue weighted by molar-refractivity contribution is 0.0931. The van der Waals surface area contributed by atoms with E-state index in [0.29, 0.717) is 23.8 Å². The summed E-state index contributed by atoms with van der Waals surface area (Å²) in [7, 11) is 0. The van der Waals surface area contributed by atoms with Crippen LogP contribution in [0.2, 0.25) is 0 Å². The summed E-state index contributed by atoms with van der Waals surface area (Å²) in [4.78, 5) is 8.55. The highest BCUT2D eigenvalue weighted by Crippen LogP contribution is 2.17. The van der Waals surface area contributed by atoms with E-state index in [-0.39, 0.29) is 18.8 Å². The lowest BCUT2D eigenvalue weighted by atomic mass is 10.1. The van der Waals surface area contributed by atoms with Crippen molar-refractivity contribution < 1.29 is 28.1 Å². The lowest BCUT2D eigenvalue weighted by Gasteiger charge is -2.10. The number of aryl methyl sites for hydroxylation is 2. The molecular weight excluding hydrogens is 480 g/mol. The molecule has 2 aromatic carbocycles. The maximum Gasteiger partial charge on any atom is 0.218 e. The Bertz CT molecular complexity index is 1300. The molecule has 0 aliphatic rings. The number of benzene rings is 2. The lowest BCUT2D eigenvalue weighted by Crippen LogP contribution is -2.18. The van der Waals surface area contributed by atoms with E-state index in [0.717, 1.165) is 37.7 Å². The Morgan fingerprint density at radius 2 is 1.92 bits per heavy atom. The van der Waals surface area contributed by atoms with Crippen molar-refractivity contribution in [3.63, 3.8) is 0 Å². The molecule has 0 spiro atoms. The molecular formula is C28H29F2N3O4. The van der Waals surface area contributed by atoms with Crippen molar-refractivity contribution in [2.75, 3.05) is 6.61 Å². The molecule has 2 aromatic heterocycles. The third kappa shape index (κ3) is 7.83. The molecule has 9 heteroatoms. The van der Waals surface area contributed by atoms with E-state index in [9.17, 15) is 13.9 Å². The molecule has 4 rings (SSSR count). The highest BCUT2D eigenvalue weighted by atomic mass is 19.1. The molecule has 37 heavy (non-hydrogen) atoms. The Balaban J connectivity index is 1.19. The Morgan fingerprint density at radius 1 is 1.08 bits per heavy atom. The van der Waals surface area contributed by atoms with Crippen molar-refractivity contribution in [3.8, 4) is 5.75 Å². The van der Waals surface area contributed by atoms with E-state index < -0.39 is 17.7 Å². The molecule has 0 amide bonds. The van der Waals surface area contributed by atoms with E-state index in [1.807, 2.05) is 35.0 Å². The van der Waals surface area contributed by atoms with Crippen LogP contribution in [0, 0.1) is 11.6 Å². The summed E-state index contributed by atoms with van der Waals surface area (Å²) < 4.78 is 39.9. The summed E-state index contributed by atoms with van der Waals surface area (Å²) in [5, 5.41) is 18.7. The number of rotatable bonds is 13. The Kier molecular flexibility index (Phi) is 9.18. The van der Waals surface area contributed by atoms with Crippen molar-refractivity contribution in [3.05, 3.63) is 101 Å². The Morgan fingerprint density at radius 3 is 2.70 bits per heavy atom. The maximum atomic E-state index is 13.7. The van der Waals surface area contributed by atoms with Gasteiger partial charge in [0, 0.05) is 43.1 Å². The number of hydrogen-bond acceptors (Lipinski definition) is 6. The number of imidazole rings is 1. The van der Waals surface area contributed by atoms with Gasteiger partial charge >= 0.3 is 0 Å². The van der Waals surface area contributed by atoms with Crippen molar-refractivity contribution >= 4 is 12.2 Å². The zero-order chi connectivity index (χ0) is 26.0. The number of nitrogens with zero attached hydrogens (tertiary/aromatic N) is 3. The summed E-state index contributed by atoms with van der Waals surface area (Å²) in [6.45, 7) is 0.757. The predicted octanol–water partition coefficient (Wildman–Crippen LogP) is 4.82. The Hall–Kier alpha value is -3.82. The van der Waals surface area contributed by atoms with Crippen LogP contribution < -0.4 is 4.74 Å². The minimum Gasteiger partial charge on any atom is -0.487 e. The van der Waals surface area contributed by atoms with Gasteiger partial charge in [-0.3, -0.25) is 0 Å². The van der Waals surface area contributed by atoms with Crippen LogP contribution in [0.25, 0.3) is 12.2 Å². The van der Waals surface area contributed by atoms with Crippen LogP contribution >= 0.6 is 0 Å². The van der Waals surface area contributed by atoms with Gasteiger partial charge < -0.3 is 23.9 Å². The molecule has 0 saturated heterocycles. The van der Waals surface area contributed by atoms with E-state index in [1.54, 1.807) is 6.20 Å². The zero-order valence-electron chi connectivity index (χ0n) is 20.3. The van der Waals surface area contributed by atoms with E-state index in [2.05, 4.69) is 9.97 Å². The number of ether oxygens (including phenoxy) is 1. The van der Waals surface area contributed by atoms with Gasteiger partial charge in [0.15, 0.2) is 0 Å². The van der Waals surface area contributed by atoms with Gasteiger partial charge in [-0.15, -0.1) is 0 Å². The molecule has 0 aliphatic carbocycles. The van der Waals surface area contributed by atoms with Crippen molar-refractivity contribution in [2.45, 2.75) is 44.9 Å². The molecule has 194 valence electrons.